The lowest BCUT2D eigenvalue weighted by atomic mass is 10.1. The van der Waals surface area contributed by atoms with E-state index >= 15 is 0 Å². The van der Waals surface area contributed by atoms with E-state index in [1.165, 1.54) is 5.56 Å². The topological polar surface area (TPSA) is 90.1 Å². The maximum atomic E-state index is 12.3. The normalized spacial score (nSPS) is 10.6. The number of nitrogens with zero attached hydrogens (tertiary/aromatic N) is 3. The van der Waals surface area contributed by atoms with E-state index in [0.717, 1.165) is 12.0 Å². The number of aromatic nitrogens is 2. The minimum atomic E-state index is -0.406. The predicted molar refractivity (Wildman–Crippen MR) is 106 cm³/mol. The largest absolute Gasteiger partial charge is 0.352 e. The van der Waals surface area contributed by atoms with Gasteiger partial charge in [0, 0.05) is 12.1 Å². The summed E-state index contributed by atoms with van der Waals surface area (Å²) in [5.41, 5.74) is 3.64. The third-order valence-electron chi connectivity index (χ3n) is 4.62. The highest BCUT2D eigenvalue weighted by Gasteiger charge is 2.21. The van der Waals surface area contributed by atoms with E-state index in [1.54, 1.807) is 30.7 Å². The minimum Gasteiger partial charge on any atom is -0.352 e. The van der Waals surface area contributed by atoms with Crippen LogP contribution in [0.15, 0.2) is 54.6 Å². The average Bonchev–Trinajstić information content (AvgIpc) is 2.96. The van der Waals surface area contributed by atoms with Crippen LogP contribution in [0, 0.1) is 24.0 Å². The Morgan fingerprint density at radius 3 is 2.36 bits per heavy atom. The third kappa shape index (κ3) is 4.43. The van der Waals surface area contributed by atoms with E-state index in [0.29, 0.717) is 30.0 Å². The van der Waals surface area contributed by atoms with Crippen LogP contribution in [0.1, 0.15) is 32.9 Å². The zero-order valence-corrected chi connectivity index (χ0v) is 15.9. The molecule has 0 aliphatic heterocycles. The molecule has 3 rings (SSSR count). The Labute approximate surface area is 163 Å². The van der Waals surface area contributed by atoms with E-state index in [-0.39, 0.29) is 11.6 Å². The molecular weight excluding hydrogens is 356 g/mol. The van der Waals surface area contributed by atoms with Gasteiger partial charge in [-0.3, -0.25) is 19.6 Å². The molecule has 1 amide bonds. The van der Waals surface area contributed by atoms with Crippen LogP contribution in [0.5, 0.6) is 0 Å². The van der Waals surface area contributed by atoms with Crippen molar-refractivity contribution in [2.75, 3.05) is 6.54 Å². The number of nitrogens with one attached hydrogen (secondary N) is 1. The Hall–Kier alpha value is -3.48. The SMILES string of the molecule is Cc1nn(Cc2ccc(C(=O)NCCc3ccccc3)cc2)c(C)c1[N+](=O)[O-]. The van der Waals surface area contributed by atoms with E-state index in [1.807, 2.05) is 42.5 Å². The Balaban J connectivity index is 1.59. The van der Waals surface area contributed by atoms with Crippen LogP contribution in [0.25, 0.3) is 0 Å². The Bertz CT molecular complexity index is 979. The molecule has 3 aromatic rings. The molecule has 2 aromatic carbocycles. The Morgan fingerprint density at radius 2 is 1.75 bits per heavy atom. The summed E-state index contributed by atoms with van der Waals surface area (Å²) in [5, 5.41) is 18.3. The number of benzene rings is 2. The fourth-order valence-electron chi connectivity index (χ4n) is 3.11. The predicted octanol–water partition coefficient (Wildman–Crippen LogP) is 3.43. The van der Waals surface area contributed by atoms with Crippen molar-refractivity contribution in [2.24, 2.45) is 0 Å². The number of hydrogen-bond donors (Lipinski definition) is 1. The quantitative estimate of drug-likeness (QED) is 0.504. The lowest BCUT2D eigenvalue weighted by Gasteiger charge is -2.07. The van der Waals surface area contributed by atoms with Crippen molar-refractivity contribution in [3.63, 3.8) is 0 Å². The van der Waals surface area contributed by atoms with Crippen LogP contribution < -0.4 is 5.32 Å². The molecule has 0 spiro atoms. The van der Waals surface area contributed by atoms with Crippen molar-refractivity contribution >= 4 is 11.6 Å². The van der Waals surface area contributed by atoms with Gasteiger partial charge in [0.25, 0.3) is 5.91 Å². The van der Waals surface area contributed by atoms with Gasteiger partial charge in [0.15, 0.2) is 0 Å². The summed E-state index contributed by atoms with van der Waals surface area (Å²) in [6.45, 7) is 4.30. The first-order chi connectivity index (χ1) is 13.5. The molecule has 0 unspecified atom stereocenters. The molecule has 0 radical (unpaired) electrons. The lowest BCUT2D eigenvalue weighted by Crippen LogP contribution is -2.25. The molecule has 1 aromatic heterocycles. The fourth-order valence-corrected chi connectivity index (χ4v) is 3.11. The Kier molecular flexibility index (Phi) is 5.84. The highest BCUT2D eigenvalue weighted by Crippen LogP contribution is 2.22. The zero-order valence-electron chi connectivity index (χ0n) is 15.9. The van der Waals surface area contributed by atoms with Crippen LogP contribution >= 0.6 is 0 Å². The second-order valence-electron chi connectivity index (χ2n) is 6.62. The molecule has 0 saturated carbocycles. The van der Waals surface area contributed by atoms with Gasteiger partial charge in [-0.15, -0.1) is 0 Å². The monoisotopic (exact) mass is 378 g/mol. The van der Waals surface area contributed by atoms with Crippen LogP contribution in [-0.2, 0) is 13.0 Å². The summed E-state index contributed by atoms with van der Waals surface area (Å²) >= 11 is 0. The third-order valence-corrected chi connectivity index (χ3v) is 4.62. The van der Waals surface area contributed by atoms with Gasteiger partial charge in [-0.25, -0.2) is 0 Å². The van der Waals surface area contributed by atoms with Gasteiger partial charge in [-0.05, 0) is 43.5 Å². The summed E-state index contributed by atoms with van der Waals surface area (Å²) in [4.78, 5) is 23.0. The fraction of sp³-hybridized carbons (Fsp3) is 0.238. The molecule has 7 nitrogen and oxygen atoms in total. The minimum absolute atomic E-state index is 0.0504. The number of aryl methyl sites for hydroxylation is 1. The number of carbonyl (C=O) groups excluding carboxylic acids is 1. The van der Waals surface area contributed by atoms with Crippen molar-refractivity contribution in [3.05, 3.63) is 92.8 Å². The molecule has 1 N–H and O–H groups in total. The summed E-state index contributed by atoms with van der Waals surface area (Å²) in [6.07, 6.45) is 0.779. The van der Waals surface area contributed by atoms with E-state index in [9.17, 15) is 14.9 Å². The van der Waals surface area contributed by atoms with Crippen LogP contribution in [0.3, 0.4) is 0 Å². The molecule has 0 aliphatic carbocycles. The number of rotatable bonds is 7. The molecule has 0 bridgehead atoms. The standard InChI is InChI=1S/C21H22N4O3/c1-15-20(25(27)28)16(2)24(23-15)14-18-8-10-19(11-9-18)21(26)22-13-12-17-6-4-3-5-7-17/h3-11H,12-14H2,1-2H3,(H,22,26). The van der Waals surface area contributed by atoms with Crippen LogP contribution in [-0.4, -0.2) is 27.2 Å². The van der Waals surface area contributed by atoms with Crippen molar-refractivity contribution in [1.82, 2.24) is 15.1 Å². The van der Waals surface area contributed by atoms with E-state index in [4.69, 9.17) is 0 Å². The van der Waals surface area contributed by atoms with Crippen molar-refractivity contribution in [2.45, 2.75) is 26.8 Å². The van der Waals surface area contributed by atoms with E-state index < -0.39 is 4.92 Å². The first-order valence-electron chi connectivity index (χ1n) is 9.05. The second-order valence-corrected chi connectivity index (χ2v) is 6.62. The molecule has 7 heteroatoms. The summed E-state index contributed by atoms with van der Waals surface area (Å²) in [5.74, 6) is -0.121. The molecule has 0 atom stereocenters. The first kappa shape index (κ1) is 19.3. The molecule has 0 aliphatic rings. The van der Waals surface area contributed by atoms with Crippen LogP contribution in [0.2, 0.25) is 0 Å². The summed E-state index contributed by atoms with van der Waals surface area (Å²) < 4.78 is 1.61. The van der Waals surface area contributed by atoms with Gasteiger partial charge in [-0.1, -0.05) is 42.5 Å². The van der Waals surface area contributed by atoms with Gasteiger partial charge >= 0.3 is 5.69 Å². The number of carbonyl (C=O) groups is 1. The first-order valence-corrected chi connectivity index (χ1v) is 9.05. The van der Waals surface area contributed by atoms with Crippen LogP contribution in [0.4, 0.5) is 5.69 Å². The molecule has 0 saturated heterocycles. The Morgan fingerprint density at radius 1 is 1.07 bits per heavy atom. The van der Waals surface area contributed by atoms with Gasteiger partial charge in [-0.2, -0.15) is 5.10 Å². The second kappa shape index (κ2) is 8.47. The zero-order chi connectivity index (χ0) is 20.1. The van der Waals surface area contributed by atoms with Crippen molar-refractivity contribution in [1.29, 1.82) is 0 Å². The average molecular weight is 378 g/mol. The summed E-state index contributed by atoms with van der Waals surface area (Å²) in [7, 11) is 0. The molecule has 1 heterocycles. The lowest BCUT2D eigenvalue weighted by molar-refractivity contribution is -0.386. The van der Waals surface area contributed by atoms with Crippen molar-refractivity contribution in [3.8, 4) is 0 Å². The van der Waals surface area contributed by atoms with Gasteiger partial charge in [0.2, 0.25) is 0 Å². The highest BCUT2D eigenvalue weighted by molar-refractivity contribution is 5.94. The maximum absolute atomic E-state index is 12.3. The number of amides is 1. The summed E-state index contributed by atoms with van der Waals surface area (Å²) in [6, 6.07) is 17.2. The number of hydrogen-bond acceptors (Lipinski definition) is 4. The number of nitro groups is 1. The highest BCUT2D eigenvalue weighted by atomic mass is 16.6. The van der Waals surface area contributed by atoms with Gasteiger partial charge < -0.3 is 5.32 Å². The van der Waals surface area contributed by atoms with Crippen molar-refractivity contribution < 1.29 is 9.72 Å². The van der Waals surface area contributed by atoms with Gasteiger partial charge in [0.1, 0.15) is 11.4 Å². The molecule has 28 heavy (non-hydrogen) atoms. The van der Waals surface area contributed by atoms with E-state index in [2.05, 4.69) is 10.4 Å². The maximum Gasteiger partial charge on any atom is 0.312 e. The molecule has 144 valence electrons. The molecular formula is C21H22N4O3. The molecule has 0 fully saturated rings. The smallest absolute Gasteiger partial charge is 0.312 e. The van der Waals surface area contributed by atoms with Gasteiger partial charge in [0.05, 0.1) is 11.5 Å².